The molecule has 0 saturated carbocycles. The van der Waals surface area contributed by atoms with Gasteiger partial charge < -0.3 is 15.5 Å². The average Bonchev–Trinajstić information content (AvgIpc) is 2.73. The number of halogens is 1. The molecule has 6 heteroatoms. The number of hydrogen-bond acceptors (Lipinski definition) is 3. The summed E-state index contributed by atoms with van der Waals surface area (Å²) in [5.74, 6) is 0.775. The molecule has 156 valence electrons. The third-order valence-corrected chi connectivity index (χ3v) is 5.97. The molecule has 1 aromatic carbocycles. The Hall–Kier alpha value is -1.82. The molecule has 0 amide bonds. The van der Waals surface area contributed by atoms with Gasteiger partial charge in [0.2, 0.25) is 0 Å². The first kappa shape index (κ1) is 20.9. The van der Waals surface area contributed by atoms with E-state index in [1.165, 1.54) is 31.9 Å². The van der Waals surface area contributed by atoms with Crippen LogP contribution in [-0.4, -0.2) is 62.2 Å². The van der Waals surface area contributed by atoms with Crippen LogP contribution in [0.5, 0.6) is 0 Å². The smallest absolute Gasteiger partial charge is 0.191 e. The number of anilines is 1. The zero-order valence-electron chi connectivity index (χ0n) is 17.5. The van der Waals surface area contributed by atoms with E-state index in [0.29, 0.717) is 12.1 Å². The van der Waals surface area contributed by atoms with Crippen molar-refractivity contribution in [1.29, 1.82) is 0 Å². The van der Waals surface area contributed by atoms with E-state index in [-0.39, 0.29) is 5.82 Å². The van der Waals surface area contributed by atoms with E-state index in [4.69, 9.17) is 4.99 Å². The molecule has 2 aliphatic rings. The van der Waals surface area contributed by atoms with Crippen molar-refractivity contribution < 1.29 is 4.39 Å². The second kappa shape index (κ2) is 10.6. The number of guanidine groups is 1. The van der Waals surface area contributed by atoms with Crippen LogP contribution in [-0.2, 0) is 0 Å². The number of likely N-dealkylation sites (tertiary alicyclic amines) is 1. The number of aliphatic imine (C=N–C) groups is 1. The molecule has 0 spiro atoms. The van der Waals surface area contributed by atoms with Gasteiger partial charge in [0.25, 0.3) is 0 Å². The minimum atomic E-state index is -0.164. The van der Waals surface area contributed by atoms with E-state index in [9.17, 15) is 4.39 Å². The first-order chi connectivity index (χ1) is 13.7. The van der Waals surface area contributed by atoms with Crippen molar-refractivity contribution in [2.45, 2.75) is 58.0 Å². The zero-order valence-corrected chi connectivity index (χ0v) is 17.5. The van der Waals surface area contributed by atoms with E-state index < -0.39 is 0 Å². The van der Waals surface area contributed by atoms with E-state index in [1.54, 1.807) is 12.1 Å². The van der Waals surface area contributed by atoms with Gasteiger partial charge in [0, 0.05) is 37.4 Å². The third-order valence-electron chi connectivity index (χ3n) is 5.97. The molecule has 0 aromatic heterocycles. The lowest BCUT2D eigenvalue weighted by Gasteiger charge is -2.35. The van der Waals surface area contributed by atoms with Crippen LogP contribution in [0.3, 0.4) is 0 Å². The summed E-state index contributed by atoms with van der Waals surface area (Å²) in [6, 6.07) is 7.90. The molecule has 1 unspecified atom stereocenters. The summed E-state index contributed by atoms with van der Waals surface area (Å²) in [6.45, 7) is 10.3. The molecule has 2 saturated heterocycles. The van der Waals surface area contributed by atoms with Crippen LogP contribution >= 0.6 is 0 Å². The van der Waals surface area contributed by atoms with E-state index in [1.807, 2.05) is 6.07 Å². The normalized spacial score (nSPS) is 22.3. The second-order valence-electron chi connectivity index (χ2n) is 7.88. The Bertz CT molecular complexity index is 627. The number of piperidine rings is 2. The maximum Gasteiger partial charge on any atom is 0.191 e. The van der Waals surface area contributed by atoms with Crippen LogP contribution in [0.15, 0.2) is 29.3 Å². The van der Waals surface area contributed by atoms with Crippen LogP contribution in [0.1, 0.15) is 46.0 Å². The monoisotopic (exact) mass is 389 g/mol. The molecule has 2 heterocycles. The van der Waals surface area contributed by atoms with E-state index >= 15 is 0 Å². The summed E-state index contributed by atoms with van der Waals surface area (Å²) in [4.78, 5) is 9.74. The molecule has 0 bridgehead atoms. The minimum absolute atomic E-state index is 0.164. The number of rotatable bonds is 6. The minimum Gasteiger partial charge on any atom is -0.371 e. The van der Waals surface area contributed by atoms with Crippen molar-refractivity contribution in [1.82, 2.24) is 15.5 Å². The Balaban J connectivity index is 1.51. The van der Waals surface area contributed by atoms with Crippen molar-refractivity contribution in [3.05, 3.63) is 30.1 Å². The molecule has 3 rings (SSSR count). The summed E-state index contributed by atoms with van der Waals surface area (Å²) < 4.78 is 13.5. The van der Waals surface area contributed by atoms with Crippen LogP contribution < -0.4 is 15.5 Å². The van der Waals surface area contributed by atoms with Crippen molar-refractivity contribution in [2.75, 3.05) is 44.2 Å². The summed E-state index contributed by atoms with van der Waals surface area (Å²) >= 11 is 0. The average molecular weight is 390 g/mol. The predicted molar refractivity (Wildman–Crippen MR) is 116 cm³/mol. The molecule has 2 N–H and O–H groups in total. The van der Waals surface area contributed by atoms with Gasteiger partial charge in [0.1, 0.15) is 5.82 Å². The van der Waals surface area contributed by atoms with Crippen LogP contribution in [0, 0.1) is 5.82 Å². The largest absolute Gasteiger partial charge is 0.371 e. The molecular weight excluding hydrogens is 353 g/mol. The Labute approximate surface area is 169 Å². The molecule has 0 aliphatic carbocycles. The van der Waals surface area contributed by atoms with Gasteiger partial charge in [0.05, 0.1) is 6.54 Å². The standard InChI is InChI=1S/C22H36FN5/c1-3-24-22(25-17-21-9-5-6-13-27(21)4-2)26-19-11-14-28(15-12-19)20-10-7-8-18(23)16-20/h7-8,10,16,19,21H,3-6,9,11-15,17H2,1-2H3,(H2,24,25,26). The fraction of sp³-hybridized carbons (Fsp3) is 0.682. The molecular formula is C22H36FN5. The summed E-state index contributed by atoms with van der Waals surface area (Å²) in [5, 5.41) is 7.04. The van der Waals surface area contributed by atoms with Gasteiger partial charge in [0.15, 0.2) is 5.96 Å². The number of nitrogens with zero attached hydrogens (tertiary/aromatic N) is 3. The zero-order chi connectivity index (χ0) is 19.8. The van der Waals surface area contributed by atoms with Crippen molar-refractivity contribution in [3.63, 3.8) is 0 Å². The Morgan fingerprint density at radius 2 is 1.96 bits per heavy atom. The van der Waals surface area contributed by atoms with Gasteiger partial charge in [-0.15, -0.1) is 0 Å². The van der Waals surface area contributed by atoms with Gasteiger partial charge in [-0.1, -0.05) is 19.4 Å². The molecule has 1 atom stereocenters. The SMILES string of the molecule is CCNC(=NCC1CCCCN1CC)NC1CCN(c2cccc(F)c2)CC1. The highest BCUT2D eigenvalue weighted by atomic mass is 19.1. The van der Waals surface area contributed by atoms with Crippen LogP contribution in [0.4, 0.5) is 10.1 Å². The van der Waals surface area contributed by atoms with Crippen molar-refractivity contribution in [2.24, 2.45) is 4.99 Å². The lowest BCUT2D eigenvalue weighted by Crippen LogP contribution is -2.49. The number of nitrogens with one attached hydrogen (secondary N) is 2. The topological polar surface area (TPSA) is 42.9 Å². The maximum absolute atomic E-state index is 13.5. The van der Waals surface area contributed by atoms with Gasteiger partial charge in [-0.2, -0.15) is 0 Å². The van der Waals surface area contributed by atoms with E-state index in [2.05, 4.69) is 34.3 Å². The lowest BCUT2D eigenvalue weighted by atomic mass is 10.0. The predicted octanol–water partition coefficient (Wildman–Crippen LogP) is 3.22. The van der Waals surface area contributed by atoms with Gasteiger partial charge in [-0.3, -0.25) is 9.89 Å². The Kier molecular flexibility index (Phi) is 7.95. The first-order valence-corrected chi connectivity index (χ1v) is 11.0. The quantitative estimate of drug-likeness (QED) is 0.579. The highest BCUT2D eigenvalue weighted by molar-refractivity contribution is 5.80. The molecule has 0 radical (unpaired) electrons. The maximum atomic E-state index is 13.5. The molecule has 2 fully saturated rings. The number of likely N-dealkylation sites (N-methyl/N-ethyl adjacent to an activating group) is 1. The van der Waals surface area contributed by atoms with Crippen LogP contribution in [0.2, 0.25) is 0 Å². The van der Waals surface area contributed by atoms with Gasteiger partial charge in [-0.05, 0) is 63.9 Å². The third kappa shape index (κ3) is 5.84. The van der Waals surface area contributed by atoms with Crippen molar-refractivity contribution in [3.8, 4) is 0 Å². The molecule has 5 nitrogen and oxygen atoms in total. The van der Waals surface area contributed by atoms with Crippen molar-refractivity contribution >= 4 is 11.6 Å². The summed E-state index contributed by atoms with van der Waals surface area (Å²) in [5.41, 5.74) is 0.982. The number of benzene rings is 1. The van der Waals surface area contributed by atoms with Gasteiger partial charge in [-0.25, -0.2) is 4.39 Å². The molecule has 2 aliphatic heterocycles. The van der Waals surface area contributed by atoms with Gasteiger partial charge >= 0.3 is 0 Å². The summed E-state index contributed by atoms with van der Waals surface area (Å²) in [7, 11) is 0. The molecule has 1 aromatic rings. The second-order valence-corrected chi connectivity index (χ2v) is 7.88. The van der Waals surface area contributed by atoms with E-state index in [0.717, 1.165) is 57.2 Å². The lowest BCUT2D eigenvalue weighted by molar-refractivity contribution is 0.161. The fourth-order valence-corrected chi connectivity index (χ4v) is 4.35. The number of hydrogen-bond donors (Lipinski definition) is 2. The highest BCUT2D eigenvalue weighted by Gasteiger charge is 2.22. The Morgan fingerprint density at radius 3 is 2.68 bits per heavy atom. The Morgan fingerprint density at radius 1 is 1.14 bits per heavy atom. The van der Waals surface area contributed by atoms with Crippen LogP contribution in [0.25, 0.3) is 0 Å². The molecule has 28 heavy (non-hydrogen) atoms. The summed E-state index contributed by atoms with van der Waals surface area (Å²) in [6.07, 6.45) is 5.95. The fourth-order valence-electron chi connectivity index (χ4n) is 4.35. The highest BCUT2D eigenvalue weighted by Crippen LogP contribution is 2.21. The first-order valence-electron chi connectivity index (χ1n) is 11.0.